The van der Waals surface area contributed by atoms with Crippen LogP contribution < -0.4 is 0 Å². The Morgan fingerprint density at radius 3 is 1.27 bits per heavy atom. The molecule has 2 N–H and O–H groups in total. The van der Waals surface area contributed by atoms with Crippen LogP contribution in [0.3, 0.4) is 0 Å². The van der Waals surface area contributed by atoms with Crippen molar-refractivity contribution >= 4 is 16.1 Å². The van der Waals surface area contributed by atoms with E-state index >= 15 is 0 Å². The Hall–Kier alpha value is -0.620. The molecule has 0 saturated carbocycles. The van der Waals surface area contributed by atoms with E-state index in [0.717, 1.165) is 38.5 Å². The monoisotopic (exact) mass is 336 g/mol. The average Bonchev–Trinajstić information content (AvgIpc) is 2.41. The largest absolute Gasteiger partial charge is 0.481 e. The molecule has 0 unspecified atom stereocenters. The fourth-order valence-electron chi connectivity index (χ4n) is 2.51. The summed E-state index contributed by atoms with van der Waals surface area (Å²) in [5, 5.41) is 8.50. The van der Waals surface area contributed by atoms with Crippen molar-refractivity contribution in [3.63, 3.8) is 0 Å². The lowest BCUT2D eigenvalue weighted by Gasteiger charge is -2.03. The molecule has 5 nitrogen and oxygen atoms in total. The Morgan fingerprint density at radius 1 is 0.636 bits per heavy atom. The molecule has 0 amide bonds. The van der Waals surface area contributed by atoms with Crippen LogP contribution >= 0.6 is 0 Å². The predicted molar refractivity (Wildman–Crippen MR) is 88.7 cm³/mol. The molecule has 0 aliphatic heterocycles. The van der Waals surface area contributed by atoms with E-state index in [0.29, 0.717) is 12.8 Å². The van der Waals surface area contributed by atoms with Crippen LogP contribution in [0.25, 0.3) is 0 Å². The van der Waals surface area contributed by atoms with Crippen molar-refractivity contribution in [2.75, 3.05) is 5.75 Å². The van der Waals surface area contributed by atoms with Gasteiger partial charge >= 0.3 is 5.97 Å². The average molecular weight is 336 g/mol. The summed E-state index contributed by atoms with van der Waals surface area (Å²) >= 11 is 0. The molecule has 0 radical (unpaired) electrons. The van der Waals surface area contributed by atoms with Crippen molar-refractivity contribution in [2.45, 2.75) is 89.9 Å². The van der Waals surface area contributed by atoms with Crippen molar-refractivity contribution in [2.24, 2.45) is 0 Å². The molecule has 0 heterocycles. The zero-order valence-electron chi connectivity index (χ0n) is 13.6. The summed E-state index contributed by atoms with van der Waals surface area (Å²) < 4.78 is 29.6. The molecule has 0 rings (SSSR count). The van der Waals surface area contributed by atoms with E-state index in [2.05, 4.69) is 0 Å². The lowest BCUT2D eigenvalue weighted by atomic mass is 10.0. The number of hydrogen-bond acceptors (Lipinski definition) is 3. The maximum atomic E-state index is 10.5. The van der Waals surface area contributed by atoms with Gasteiger partial charge in [0.2, 0.25) is 0 Å². The quantitative estimate of drug-likeness (QED) is 0.321. The number of unbranched alkanes of at least 4 members (excludes halogenated alkanes) is 12. The van der Waals surface area contributed by atoms with Crippen molar-refractivity contribution in [1.82, 2.24) is 0 Å². The number of hydrogen-bond donors (Lipinski definition) is 2. The molecule has 0 aromatic heterocycles. The predicted octanol–water partition coefficient (Wildman–Crippen LogP) is 4.42. The number of aliphatic carboxylic acids is 1. The first-order chi connectivity index (χ1) is 10.4. The van der Waals surface area contributed by atoms with Crippen LogP contribution in [0.15, 0.2) is 0 Å². The highest BCUT2D eigenvalue weighted by Crippen LogP contribution is 2.13. The smallest absolute Gasteiger partial charge is 0.303 e. The Bertz CT molecular complexity index is 365. The molecule has 0 saturated heterocycles. The maximum Gasteiger partial charge on any atom is 0.303 e. The van der Waals surface area contributed by atoms with E-state index in [9.17, 15) is 13.2 Å². The van der Waals surface area contributed by atoms with Crippen LogP contribution in [0.5, 0.6) is 0 Å². The Balaban J connectivity index is 3.07. The van der Waals surface area contributed by atoms with E-state index in [4.69, 9.17) is 9.66 Å². The number of carboxylic acid groups (broad SMARTS) is 1. The molecule has 0 aliphatic rings. The molecule has 0 spiro atoms. The Labute approximate surface area is 135 Å². The Morgan fingerprint density at radius 2 is 0.955 bits per heavy atom. The molecule has 0 atom stereocenters. The highest BCUT2D eigenvalue weighted by molar-refractivity contribution is 7.85. The summed E-state index contributed by atoms with van der Waals surface area (Å²) in [5.41, 5.74) is 0. The summed E-state index contributed by atoms with van der Waals surface area (Å²) in [6.07, 6.45) is 14.2. The van der Waals surface area contributed by atoms with Gasteiger partial charge in [-0.05, 0) is 12.8 Å². The van der Waals surface area contributed by atoms with Crippen molar-refractivity contribution in [3.05, 3.63) is 0 Å². The van der Waals surface area contributed by atoms with Crippen LogP contribution in [0.4, 0.5) is 0 Å². The second-order valence-corrected chi connectivity index (χ2v) is 7.60. The first kappa shape index (κ1) is 21.4. The molecule has 22 heavy (non-hydrogen) atoms. The number of carboxylic acids is 1. The minimum absolute atomic E-state index is 0.112. The summed E-state index contributed by atoms with van der Waals surface area (Å²) in [4.78, 5) is 10.3. The second-order valence-electron chi connectivity index (χ2n) is 6.03. The SMILES string of the molecule is O=C(O)CCCCCCCCCCCCCCCS(=O)(=O)O. The summed E-state index contributed by atoms with van der Waals surface area (Å²) in [5.74, 6) is -0.808. The fraction of sp³-hybridized carbons (Fsp3) is 0.938. The van der Waals surface area contributed by atoms with Crippen LogP contribution in [0, 0.1) is 0 Å². The minimum atomic E-state index is -3.77. The van der Waals surface area contributed by atoms with Crippen LogP contribution in [-0.4, -0.2) is 29.8 Å². The normalized spacial score (nSPS) is 11.7. The van der Waals surface area contributed by atoms with Gasteiger partial charge in [0.05, 0.1) is 5.75 Å². The highest BCUT2D eigenvalue weighted by atomic mass is 32.2. The highest BCUT2D eigenvalue weighted by Gasteiger charge is 2.02. The van der Waals surface area contributed by atoms with Crippen LogP contribution in [0.2, 0.25) is 0 Å². The molecule has 0 fully saturated rings. The van der Waals surface area contributed by atoms with Gasteiger partial charge in [-0.3, -0.25) is 9.35 Å². The van der Waals surface area contributed by atoms with Crippen molar-refractivity contribution < 1.29 is 22.9 Å². The third-order valence-electron chi connectivity index (χ3n) is 3.79. The zero-order valence-corrected chi connectivity index (χ0v) is 14.5. The van der Waals surface area contributed by atoms with Gasteiger partial charge < -0.3 is 5.11 Å². The minimum Gasteiger partial charge on any atom is -0.481 e. The van der Waals surface area contributed by atoms with Crippen LogP contribution in [-0.2, 0) is 14.9 Å². The third-order valence-corrected chi connectivity index (χ3v) is 4.60. The molecular weight excluding hydrogens is 304 g/mol. The van der Waals surface area contributed by atoms with Gasteiger partial charge in [-0.15, -0.1) is 0 Å². The van der Waals surface area contributed by atoms with Crippen molar-refractivity contribution in [1.29, 1.82) is 0 Å². The first-order valence-electron chi connectivity index (χ1n) is 8.59. The van der Waals surface area contributed by atoms with E-state index in [-0.39, 0.29) is 5.75 Å². The summed E-state index contributed by atoms with van der Waals surface area (Å²) in [6, 6.07) is 0. The number of carbonyl (C=O) groups is 1. The molecule has 0 bridgehead atoms. The van der Waals surface area contributed by atoms with Crippen molar-refractivity contribution in [3.8, 4) is 0 Å². The zero-order chi connectivity index (χ0) is 16.7. The van der Waals surface area contributed by atoms with Gasteiger partial charge in [-0.2, -0.15) is 8.42 Å². The van der Waals surface area contributed by atoms with E-state index in [1.54, 1.807) is 0 Å². The Kier molecular flexibility index (Phi) is 13.6. The van der Waals surface area contributed by atoms with Gasteiger partial charge in [-0.1, -0.05) is 70.6 Å². The molecule has 0 aliphatic carbocycles. The van der Waals surface area contributed by atoms with E-state index in [1.165, 1.54) is 38.5 Å². The van der Waals surface area contributed by atoms with Gasteiger partial charge in [-0.25, -0.2) is 0 Å². The van der Waals surface area contributed by atoms with Gasteiger partial charge in [0.25, 0.3) is 10.1 Å². The van der Waals surface area contributed by atoms with Gasteiger partial charge in [0, 0.05) is 6.42 Å². The standard InChI is InChI=1S/C16H32O5S/c17-16(18)14-12-10-8-6-4-2-1-3-5-7-9-11-13-15-22(19,20)21/h1-15H2,(H,17,18)(H,19,20,21). The molecule has 0 aromatic carbocycles. The topological polar surface area (TPSA) is 91.7 Å². The van der Waals surface area contributed by atoms with Gasteiger partial charge in [0.1, 0.15) is 0 Å². The fourth-order valence-corrected chi connectivity index (χ4v) is 3.07. The second kappa shape index (κ2) is 14.0. The summed E-state index contributed by atoms with van der Waals surface area (Å²) in [7, 11) is -3.77. The molecule has 6 heteroatoms. The van der Waals surface area contributed by atoms with E-state index < -0.39 is 16.1 Å². The lowest BCUT2D eigenvalue weighted by molar-refractivity contribution is -0.137. The summed E-state index contributed by atoms with van der Waals surface area (Å²) in [6.45, 7) is 0. The molecular formula is C16H32O5S. The molecule has 0 aromatic rings. The first-order valence-corrected chi connectivity index (χ1v) is 10.2. The van der Waals surface area contributed by atoms with Gasteiger partial charge in [0.15, 0.2) is 0 Å². The molecule has 132 valence electrons. The van der Waals surface area contributed by atoms with Crippen LogP contribution in [0.1, 0.15) is 89.9 Å². The lowest BCUT2D eigenvalue weighted by Crippen LogP contribution is -2.03. The number of rotatable bonds is 16. The van der Waals surface area contributed by atoms with E-state index in [1.807, 2.05) is 0 Å². The maximum absolute atomic E-state index is 10.5. The third kappa shape index (κ3) is 19.4.